The number of esters is 1. The van der Waals surface area contributed by atoms with E-state index < -0.39 is 16.0 Å². The molecule has 25 heavy (non-hydrogen) atoms. The Kier molecular flexibility index (Phi) is 6.49. The molecule has 0 aliphatic heterocycles. The van der Waals surface area contributed by atoms with Crippen LogP contribution in [0.15, 0.2) is 53.4 Å². The van der Waals surface area contributed by atoms with Crippen LogP contribution in [-0.2, 0) is 14.8 Å². The highest BCUT2D eigenvalue weighted by Gasteiger charge is 2.14. The Labute approximate surface area is 145 Å². The normalized spacial score (nSPS) is 11.1. The van der Waals surface area contributed by atoms with E-state index >= 15 is 0 Å². The maximum absolute atomic E-state index is 12.7. The van der Waals surface area contributed by atoms with Gasteiger partial charge in [-0.1, -0.05) is 6.07 Å². The average Bonchev–Trinajstić information content (AvgIpc) is 2.63. The van der Waals surface area contributed by atoms with E-state index in [1.807, 2.05) is 0 Å². The molecule has 0 atom stereocenters. The number of carbonyl (C=O) groups excluding carboxylic acids is 1. The van der Waals surface area contributed by atoms with Crippen LogP contribution < -0.4 is 9.46 Å². The molecule has 0 radical (unpaired) electrons. The molecule has 0 aliphatic carbocycles. The summed E-state index contributed by atoms with van der Waals surface area (Å²) in [6.45, 7) is 0.413. The zero-order valence-corrected chi connectivity index (χ0v) is 14.4. The largest absolute Gasteiger partial charge is 0.493 e. The van der Waals surface area contributed by atoms with Gasteiger partial charge in [0, 0.05) is 6.42 Å². The van der Waals surface area contributed by atoms with E-state index in [-0.39, 0.29) is 22.9 Å². The van der Waals surface area contributed by atoms with Gasteiger partial charge in [-0.2, -0.15) is 0 Å². The van der Waals surface area contributed by atoms with Gasteiger partial charge < -0.3 is 9.47 Å². The molecule has 0 saturated carbocycles. The standard InChI is InChI=1S/C17H18FNO5S/c1-19-25(21,22)16-5-2-4-13(12-16)17(20)24-11-3-10-23-15-8-6-14(18)7-9-15/h2,4-9,12,19H,3,10-11H2,1H3. The first-order chi connectivity index (χ1) is 11.9. The lowest BCUT2D eigenvalue weighted by atomic mass is 10.2. The predicted molar refractivity (Wildman–Crippen MR) is 89.5 cm³/mol. The van der Waals surface area contributed by atoms with Gasteiger partial charge in [-0.3, -0.25) is 0 Å². The first-order valence-electron chi connectivity index (χ1n) is 7.51. The van der Waals surface area contributed by atoms with Gasteiger partial charge in [0.2, 0.25) is 10.0 Å². The molecule has 0 saturated heterocycles. The predicted octanol–water partition coefficient (Wildman–Crippen LogP) is 2.36. The van der Waals surface area contributed by atoms with Crippen LogP contribution >= 0.6 is 0 Å². The van der Waals surface area contributed by atoms with Gasteiger partial charge in [0.25, 0.3) is 0 Å². The third-order valence-corrected chi connectivity index (χ3v) is 4.66. The van der Waals surface area contributed by atoms with Gasteiger partial charge in [-0.15, -0.1) is 0 Å². The van der Waals surface area contributed by atoms with E-state index in [2.05, 4.69) is 4.72 Å². The number of hydrogen-bond donors (Lipinski definition) is 1. The molecule has 1 N–H and O–H groups in total. The smallest absolute Gasteiger partial charge is 0.338 e. The van der Waals surface area contributed by atoms with Crippen molar-refractivity contribution in [1.29, 1.82) is 0 Å². The van der Waals surface area contributed by atoms with E-state index in [4.69, 9.17) is 9.47 Å². The molecule has 0 aliphatic rings. The molecule has 0 aromatic heterocycles. The van der Waals surface area contributed by atoms with Crippen molar-refractivity contribution >= 4 is 16.0 Å². The highest BCUT2D eigenvalue weighted by molar-refractivity contribution is 7.89. The maximum atomic E-state index is 12.7. The molecule has 2 aromatic carbocycles. The van der Waals surface area contributed by atoms with Crippen molar-refractivity contribution in [3.63, 3.8) is 0 Å². The van der Waals surface area contributed by atoms with Crippen LogP contribution in [-0.4, -0.2) is 34.6 Å². The second-order valence-electron chi connectivity index (χ2n) is 5.03. The van der Waals surface area contributed by atoms with E-state index in [0.717, 1.165) is 0 Å². The molecule has 134 valence electrons. The lowest BCUT2D eigenvalue weighted by Gasteiger charge is -2.08. The number of benzene rings is 2. The number of rotatable bonds is 8. The van der Waals surface area contributed by atoms with E-state index in [1.54, 1.807) is 0 Å². The summed E-state index contributed by atoms with van der Waals surface area (Å²) in [5, 5.41) is 0. The van der Waals surface area contributed by atoms with Crippen LogP contribution in [0.5, 0.6) is 5.75 Å². The van der Waals surface area contributed by atoms with Crippen LogP contribution in [0.3, 0.4) is 0 Å². The number of halogens is 1. The van der Waals surface area contributed by atoms with Gasteiger partial charge in [-0.05, 0) is 49.5 Å². The minimum absolute atomic E-state index is 0.0101. The topological polar surface area (TPSA) is 81.7 Å². The minimum atomic E-state index is -3.62. The van der Waals surface area contributed by atoms with E-state index in [0.29, 0.717) is 18.8 Å². The van der Waals surface area contributed by atoms with E-state index in [9.17, 15) is 17.6 Å². The number of carbonyl (C=O) groups is 1. The molecule has 0 amide bonds. The molecule has 2 aromatic rings. The minimum Gasteiger partial charge on any atom is -0.493 e. The summed E-state index contributed by atoms with van der Waals surface area (Å²) >= 11 is 0. The number of ether oxygens (including phenoxy) is 2. The van der Waals surface area contributed by atoms with Crippen LogP contribution in [0.1, 0.15) is 16.8 Å². The molecule has 8 heteroatoms. The van der Waals surface area contributed by atoms with E-state index in [1.165, 1.54) is 55.6 Å². The molecule has 2 rings (SSSR count). The fraction of sp³-hybridized carbons (Fsp3) is 0.235. The second kappa shape index (κ2) is 8.59. The fourth-order valence-electron chi connectivity index (χ4n) is 1.94. The van der Waals surface area contributed by atoms with Crippen molar-refractivity contribution < 1.29 is 27.1 Å². The Bertz CT molecular complexity index is 821. The van der Waals surface area contributed by atoms with Crippen molar-refractivity contribution in [2.45, 2.75) is 11.3 Å². The van der Waals surface area contributed by atoms with Gasteiger partial charge in [0.15, 0.2) is 0 Å². The van der Waals surface area contributed by atoms with Gasteiger partial charge in [0.05, 0.1) is 23.7 Å². The molecule has 0 bridgehead atoms. The van der Waals surface area contributed by atoms with Crippen molar-refractivity contribution in [1.82, 2.24) is 4.72 Å². The summed E-state index contributed by atoms with van der Waals surface area (Å²) in [6.07, 6.45) is 0.442. The average molecular weight is 367 g/mol. The monoisotopic (exact) mass is 367 g/mol. The molecule has 0 heterocycles. The number of sulfonamides is 1. The Morgan fingerprint density at radius 2 is 1.84 bits per heavy atom. The molecule has 0 unspecified atom stereocenters. The van der Waals surface area contributed by atoms with Crippen LogP contribution in [0, 0.1) is 5.82 Å². The first kappa shape index (κ1) is 18.9. The van der Waals surface area contributed by atoms with Crippen molar-refractivity contribution in [3.05, 3.63) is 59.9 Å². The quantitative estimate of drug-likeness (QED) is 0.572. The summed E-state index contributed by atoms with van der Waals surface area (Å²) in [5.41, 5.74) is 0.149. The zero-order chi connectivity index (χ0) is 18.3. The SMILES string of the molecule is CNS(=O)(=O)c1cccc(C(=O)OCCCOc2ccc(F)cc2)c1. The molecular weight excluding hydrogens is 349 g/mol. The Balaban J connectivity index is 1.80. The van der Waals surface area contributed by atoms with Gasteiger partial charge >= 0.3 is 5.97 Å². The molecule has 0 spiro atoms. The highest BCUT2D eigenvalue weighted by Crippen LogP contribution is 2.13. The van der Waals surface area contributed by atoms with Gasteiger partial charge in [-0.25, -0.2) is 22.3 Å². The Hall–Kier alpha value is -2.45. The third-order valence-electron chi connectivity index (χ3n) is 3.25. The maximum Gasteiger partial charge on any atom is 0.338 e. The Morgan fingerprint density at radius 1 is 1.12 bits per heavy atom. The fourth-order valence-corrected chi connectivity index (χ4v) is 2.71. The van der Waals surface area contributed by atoms with Crippen LogP contribution in [0.2, 0.25) is 0 Å². The number of nitrogens with one attached hydrogen (secondary N) is 1. The summed E-state index contributed by atoms with van der Waals surface area (Å²) in [4.78, 5) is 12.0. The van der Waals surface area contributed by atoms with Crippen LogP contribution in [0.25, 0.3) is 0 Å². The molecular formula is C17H18FNO5S. The van der Waals surface area contributed by atoms with Crippen molar-refractivity contribution in [2.24, 2.45) is 0 Å². The zero-order valence-electron chi connectivity index (χ0n) is 13.6. The lowest BCUT2D eigenvalue weighted by Crippen LogP contribution is -2.19. The molecule has 0 fully saturated rings. The first-order valence-corrected chi connectivity index (χ1v) is 9.00. The van der Waals surface area contributed by atoms with Crippen molar-refractivity contribution in [3.8, 4) is 5.75 Å². The summed E-state index contributed by atoms with van der Waals surface area (Å²) in [5.74, 6) is -0.434. The van der Waals surface area contributed by atoms with Crippen LogP contribution in [0.4, 0.5) is 4.39 Å². The highest BCUT2D eigenvalue weighted by atomic mass is 32.2. The summed E-state index contributed by atoms with van der Waals surface area (Å²) in [6, 6.07) is 11.2. The second-order valence-corrected chi connectivity index (χ2v) is 6.91. The Morgan fingerprint density at radius 3 is 2.52 bits per heavy atom. The summed E-state index contributed by atoms with van der Waals surface area (Å²) in [7, 11) is -2.33. The third kappa shape index (κ3) is 5.54. The lowest BCUT2D eigenvalue weighted by molar-refractivity contribution is 0.0485. The van der Waals surface area contributed by atoms with Gasteiger partial charge in [0.1, 0.15) is 11.6 Å². The summed E-state index contributed by atoms with van der Waals surface area (Å²) < 4.78 is 48.9. The number of hydrogen-bond acceptors (Lipinski definition) is 5. The molecule has 6 nitrogen and oxygen atoms in total. The van der Waals surface area contributed by atoms with Crippen molar-refractivity contribution in [2.75, 3.05) is 20.3 Å².